The summed E-state index contributed by atoms with van der Waals surface area (Å²) in [5.74, 6) is 0.972. The zero-order chi connectivity index (χ0) is 16.9. The number of nitrogens with zero attached hydrogens (tertiary/aromatic N) is 5. The molecule has 0 saturated carbocycles. The number of anilines is 1. The predicted molar refractivity (Wildman–Crippen MR) is 93.0 cm³/mol. The van der Waals surface area contributed by atoms with E-state index in [0.29, 0.717) is 12.4 Å². The number of rotatable bonds is 7. The van der Waals surface area contributed by atoms with Crippen LogP contribution in [0, 0.1) is 5.92 Å². The quantitative estimate of drug-likeness (QED) is 0.693. The van der Waals surface area contributed by atoms with Crippen LogP contribution in [0.25, 0.3) is 16.7 Å². The van der Waals surface area contributed by atoms with Crippen LogP contribution in [-0.4, -0.2) is 42.5 Å². The molecule has 0 aliphatic carbocycles. The Hall–Kier alpha value is -2.54. The third kappa shape index (κ3) is 3.21. The van der Waals surface area contributed by atoms with Gasteiger partial charge in [0, 0.05) is 18.9 Å². The molecular weight excluding hydrogens is 304 g/mol. The Morgan fingerprint density at radius 2 is 1.92 bits per heavy atom. The van der Waals surface area contributed by atoms with E-state index in [9.17, 15) is 5.11 Å². The van der Waals surface area contributed by atoms with Gasteiger partial charge in [0.2, 0.25) is 0 Å². The van der Waals surface area contributed by atoms with Crippen LogP contribution in [0.4, 0.5) is 5.82 Å². The molecule has 0 aliphatic heterocycles. The van der Waals surface area contributed by atoms with Crippen molar-refractivity contribution in [1.82, 2.24) is 24.7 Å². The second-order valence-corrected chi connectivity index (χ2v) is 5.75. The molecule has 0 fully saturated rings. The lowest BCUT2D eigenvalue weighted by Gasteiger charge is -2.20. The Morgan fingerprint density at radius 1 is 1.17 bits per heavy atom. The molecule has 3 aromatic rings. The van der Waals surface area contributed by atoms with Crippen LogP contribution in [0.3, 0.4) is 0 Å². The molecule has 0 saturated heterocycles. The number of nitrogens with one attached hydrogen (secondary N) is 1. The minimum Gasteiger partial charge on any atom is -0.391 e. The summed E-state index contributed by atoms with van der Waals surface area (Å²) in [7, 11) is 0. The van der Waals surface area contributed by atoms with Crippen LogP contribution in [0.5, 0.6) is 0 Å². The maximum absolute atomic E-state index is 10.3. The second-order valence-electron chi connectivity index (χ2n) is 5.75. The third-order valence-electron chi connectivity index (χ3n) is 4.34. The van der Waals surface area contributed by atoms with Gasteiger partial charge in [-0.2, -0.15) is 5.10 Å². The van der Waals surface area contributed by atoms with Crippen molar-refractivity contribution in [3.63, 3.8) is 0 Å². The standard InChI is InChI=1S/C17H22N6O/c1-3-12(4-2)15(24)10-19-16-14-9-22-23(17(14)21-11-20-16)13-5-7-18-8-6-13/h5-9,11-12,15,24H,3-4,10H2,1-2H3,(H,19,20,21). The summed E-state index contributed by atoms with van der Waals surface area (Å²) in [5, 5.41) is 18.8. The molecule has 1 unspecified atom stereocenters. The maximum Gasteiger partial charge on any atom is 0.168 e. The van der Waals surface area contributed by atoms with Crippen LogP contribution in [0.15, 0.2) is 37.1 Å². The molecule has 7 nitrogen and oxygen atoms in total. The van der Waals surface area contributed by atoms with Gasteiger partial charge < -0.3 is 10.4 Å². The highest BCUT2D eigenvalue weighted by Crippen LogP contribution is 2.22. The lowest BCUT2D eigenvalue weighted by atomic mass is 9.96. The molecule has 3 heterocycles. The van der Waals surface area contributed by atoms with Crippen LogP contribution in [0.2, 0.25) is 0 Å². The molecular formula is C17H22N6O. The second kappa shape index (κ2) is 7.35. The number of aromatic nitrogens is 5. The predicted octanol–water partition coefficient (Wildman–Crippen LogP) is 2.42. The summed E-state index contributed by atoms with van der Waals surface area (Å²) in [6.45, 7) is 4.65. The fourth-order valence-electron chi connectivity index (χ4n) is 2.86. The topological polar surface area (TPSA) is 88.8 Å². The molecule has 3 aromatic heterocycles. The van der Waals surface area contributed by atoms with E-state index in [1.165, 1.54) is 6.33 Å². The number of pyridine rings is 1. The van der Waals surface area contributed by atoms with Gasteiger partial charge in [-0.25, -0.2) is 14.6 Å². The van der Waals surface area contributed by atoms with E-state index in [4.69, 9.17) is 0 Å². The minimum atomic E-state index is -0.403. The van der Waals surface area contributed by atoms with Crippen molar-refractivity contribution in [3.05, 3.63) is 37.1 Å². The van der Waals surface area contributed by atoms with Gasteiger partial charge in [-0.3, -0.25) is 4.98 Å². The smallest absolute Gasteiger partial charge is 0.168 e. The van der Waals surface area contributed by atoms with Crippen molar-refractivity contribution in [3.8, 4) is 5.69 Å². The van der Waals surface area contributed by atoms with E-state index < -0.39 is 6.10 Å². The van der Waals surface area contributed by atoms with Crippen LogP contribution in [-0.2, 0) is 0 Å². The Kier molecular flexibility index (Phi) is 5.00. The molecule has 126 valence electrons. The molecule has 0 radical (unpaired) electrons. The first-order valence-corrected chi connectivity index (χ1v) is 8.25. The SMILES string of the molecule is CCC(CC)C(O)CNc1ncnc2c1cnn2-c1ccncc1. The molecule has 0 amide bonds. The maximum atomic E-state index is 10.3. The minimum absolute atomic E-state index is 0.286. The normalized spacial score (nSPS) is 12.7. The molecule has 1 atom stereocenters. The Balaban J connectivity index is 1.84. The first-order chi connectivity index (χ1) is 11.7. The summed E-state index contributed by atoms with van der Waals surface area (Å²) >= 11 is 0. The summed E-state index contributed by atoms with van der Waals surface area (Å²) < 4.78 is 1.75. The van der Waals surface area contributed by atoms with Crippen molar-refractivity contribution in [2.24, 2.45) is 5.92 Å². The number of fused-ring (bicyclic) bond motifs is 1. The molecule has 2 N–H and O–H groups in total. The summed E-state index contributed by atoms with van der Waals surface area (Å²) in [6, 6.07) is 3.75. The average Bonchev–Trinajstić information content (AvgIpc) is 3.06. The van der Waals surface area contributed by atoms with Crippen molar-refractivity contribution in [2.45, 2.75) is 32.8 Å². The Morgan fingerprint density at radius 3 is 2.62 bits per heavy atom. The van der Waals surface area contributed by atoms with Crippen molar-refractivity contribution >= 4 is 16.9 Å². The summed E-state index contributed by atoms with van der Waals surface area (Å²) in [4.78, 5) is 12.7. The van der Waals surface area contributed by atoms with Gasteiger partial charge in [-0.1, -0.05) is 26.7 Å². The van der Waals surface area contributed by atoms with E-state index >= 15 is 0 Å². The van der Waals surface area contributed by atoms with Crippen molar-refractivity contribution in [2.75, 3.05) is 11.9 Å². The van der Waals surface area contributed by atoms with Crippen LogP contribution < -0.4 is 5.32 Å². The zero-order valence-corrected chi connectivity index (χ0v) is 13.9. The van der Waals surface area contributed by atoms with E-state index in [1.807, 2.05) is 12.1 Å². The van der Waals surface area contributed by atoms with Gasteiger partial charge in [-0.05, 0) is 18.1 Å². The number of aliphatic hydroxyl groups is 1. The highest BCUT2D eigenvalue weighted by Gasteiger charge is 2.17. The largest absolute Gasteiger partial charge is 0.391 e. The van der Waals surface area contributed by atoms with E-state index in [1.54, 1.807) is 23.3 Å². The number of hydrogen-bond donors (Lipinski definition) is 2. The lowest BCUT2D eigenvalue weighted by Crippen LogP contribution is -2.28. The highest BCUT2D eigenvalue weighted by molar-refractivity contribution is 5.87. The Labute approximate surface area is 140 Å². The van der Waals surface area contributed by atoms with Gasteiger partial charge >= 0.3 is 0 Å². The fourth-order valence-corrected chi connectivity index (χ4v) is 2.86. The first-order valence-electron chi connectivity index (χ1n) is 8.25. The third-order valence-corrected chi connectivity index (χ3v) is 4.34. The summed E-state index contributed by atoms with van der Waals surface area (Å²) in [6.07, 6.45) is 8.19. The number of aliphatic hydroxyl groups excluding tert-OH is 1. The first kappa shape index (κ1) is 16.3. The van der Waals surface area contributed by atoms with Gasteiger partial charge in [0.15, 0.2) is 5.65 Å². The van der Waals surface area contributed by atoms with Gasteiger partial charge in [0.1, 0.15) is 12.1 Å². The van der Waals surface area contributed by atoms with E-state index in [0.717, 1.165) is 29.6 Å². The molecule has 3 rings (SSSR count). The molecule has 0 aromatic carbocycles. The molecule has 0 bridgehead atoms. The van der Waals surface area contributed by atoms with Gasteiger partial charge in [0.25, 0.3) is 0 Å². The van der Waals surface area contributed by atoms with Crippen LogP contribution in [0.1, 0.15) is 26.7 Å². The molecule has 24 heavy (non-hydrogen) atoms. The average molecular weight is 326 g/mol. The van der Waals surface area contributed by atoms with Crippen molar-refractivity contribution in [1.29, 1.82) is 0 Å². The molecule has 0 aliphatic rings. The highest BCUT2D eigenvalue weighted by atomic mass is 16.3. The Bertz CT molecular complexity index is 784. The fraction of sp³-hybridized carbons (Fsp3) is 0.412. The van der Waals surface area contributed by atoms with E-state index in [-0.39, 0.29) is 5.92 Å². The molecule has 7 heteroatoms. The lowest BCUT2D eigenvalue weighted by molar-refractivity contribution is 0.114. The van der Waals surface area contributed by atoms with Crippen molar-refractivity contribution < 1.29 is 5.11 Å². The molecule has 0 spiro atoms. The van der Waals surface area contributed by atoms with E-state index in [2.05, 4.69) is 39.2 Å². The monoisotopic (exact) mass is 326 g/mol. The van der Waals surface area contributed by atoms with Gasteiger partial charge in [0.05, 0.1) is 23.4 Å². The van der Waals surface area contributed by atoms with Gasteiger partial charge in [-0.15, -0.1) is 0 Å². The number of hydrogen-bond acceptors (Lipinski definition) is 6. The summed E-state index contributed by atoms with van der Waals surface area (Å²) in [5.41, 5.74) is 1.61. The zero-order valence-electron chi connectivity index (χ0n) is 13.9. The van der Waals surface area contributed by atoms with Crippen LogP contribution >= 0.6 is 0 Å².